The lowest BCUT2D eigenvalue weighted by Gasteiger charge is -2.36. The molecular formula is C21H29N3O3. The predicted octanol–water partition coefficient (Wildman–Crippen LogP) is 1.67. The summed E-state index contributed by atoms with van der Waals surface area (Å²) in [6.07, 6.45) is 0. The molecule has 3 rings (SSSR count). The van der Waals surface area contributed by atoms with Crippen molar-refractivity contribution >= 4 is 17.4 Å². The number of carbonyl (C=O) groups excluding carboxylic acids is 2. The first kappa shape index (κ1) is 19.6. The van der Waals surface area contributed by atoms with Crippen molar-refractivity contribution < 1.29 is 14.3 Å². The van der Waals surface area contributed by atoms with Gasteiger partial charge in [-0.3, -0.25) is 14.5 Å². The lowest BCUT2D eigenvalue weighted by Crippen LogP contribution is -2.47. The lowest BCUT2D eigenvalue weighted by atomic mass is 9.97. The minimum absolute atomic E-state index is 0.197. The molecule has 6 nitrogen and oxygen atoms in total. The Bertz CT molecular complexity index is 764. The summed E-state index contributed by atoms with van der Waals surface area (Å²) in [6, 6.07) is 6.02. The second kappa shape index (κ2) is 8.23. The summed E-state index contributed by atoms with van der Waals surface area (Å²) in [4.78, 5) is 32.1. The Labute approximate surface area is 161 Å². The normalized spacial score (nSPS) is 18.8. The van der Waals surface area contributed by atoms with E-state index in [2.05, 4.69) is 22.8 Å². The molecule has 146 valence electrons. The maximum absolute atomic E-state index is 13.2. The summed E-state index contributed by atoms with van der Waals surface area (Å²) in [6.45, 7) is 11.1. The van der Waals surface area contributed by atoms with Crippen LogP contribution in [0, 0.1) is 13.8 Å². The number of hydrogen-bond acceptors (Lipinski definition) is 5. The highest BCUT2D eigenvalue weighted by Gasteiger charge is 2.42. The van der Waals surface area contributed by atoms with Crippen LogP contribution in [0.1, 0.15) is 23.6 Å². The van der Waals surface area contributed by atoms with Crippen molar-refractivity contribution in [2.75, 3.05) is 53.0 Å². The summed E-state index contributed by atoms with van der Waals surface area (Å²) in [7, 11) is 1.58. The van der Waals surface area contributed by atoms with Crippen LogP contribution >= 0.6 is 0 Å². The Morgan fingerprint density at radius 3 is 2.33 bits per heavy atom. The maximum Gasteiger partial charge on any atom is 0.277 e. The van der Waals surface area contributed by atoms with E-state index < -0.39 is 0 Å². The molecule has 27 heavy (non-hydrogen) atoms. The molecule has 1 aromatic carbocycles. The first-order chi connectivity index (χ1) is 13.0. The molecule has 2 aliphatic rings. The number of hydrogen-bond donors (Lipinski definition) is 0. The van der Waals surface area contributed by atoms with Crippen LogP contribution in [0.25, 0.3) is 5.57 Å². The van der Waals surface area contributed by atoms with E-state index in [4.69, 9.17) is 4.74 Å². The van der Waals surface area contributed by atoms with Gasteiger partial charge in [0.1, 0.15) is 5.70 Å². The summed E-state index contributed by atoms with van der Waals surface area (Å²) in [5.41, 5.74) is 4.11. The van der Waals surface area contributed by atoms with Crippen LogP contribution in [-0.2, 0) is 14.3 Å². The molecule has 0 radical (unpaired) electrons. The van der Waals surface area contributed by atoms with Gasteiger partial charge in [0, 0.05) is 33.3 Å². The number of methoxy groups -OCH3 is 1. The summed E-state index contributed by atoms with van der Waals surface area (Å²) < 4.78 is 5.11. The number of benzene rings is 1. The summed E-state index contributed by atoms with van der Waals surface area (Å²) in [5, 5.41) is 0. The van der Waals surface area contributed by atoms with Gasteiger partial charge >= 0.3 is 0 Å². The van der Waals surface area contributed by atoms with E-state index in [9.17, 15) is 9.59 Å². The molecule has 0 bridgehead atoms. The van der Waals surface area contributed by atoms with Crippen molar-refractivity contribution in [2.24, 2.45) is 0 Å². The summed E-state index contributed by atoms with van der Waals surface area (Å²) >= 11 is 0. The highest BCUT2D eigenvalue weighted by Crippen LogP contribution is 2.33. The third-order valence-corrected chi connectivity index (χ3v) is 5.45. The van der Waals surface area contributed by atoms with Gasteiger partial charge < -0.3 is 14.5 Å². The summed E-state index contributed by atoms with van der Waals surface area (Å²) in [5.74, 6) is -0.408. The number of ether oxygens (including phenoxy) is 1. The molecular weight excluding hydrogens is 342 g/mol. The van der Waals surface area contributed by atoms with Crippen LogP contribution in [0.15, 0.2) is 23.9 Å². The molecule has 0 N–H and O–H groups in total. The van der Waals surface area contributed by atoms with E-state index in [0.29, 0.717) is 17.9 Å². The van der Waals surface area contributed by atoms with Gasteiger partial charge in [-0.25, -0.2) is 0 Å². The van der Waals surface area contributed by atoms with Gasteiger partial charge in [-0.05, 0) is 31.5 Å². The molecule has 6 heteroatoms. The van der Waals surface area contributed by atoms with E-state index in [1.807, 2.05) is 26.0 Å². The van der Waals surface area contributed by atoms with Crippen LogP contribution in [0.5, 0.6) is 0 Å². The van der Waals surface area contributed by atoms with Crippen LogP contribution in [0.3, 0.4) is 0 Å². The zero-order valence-corrected chi connectivity index (χ0v) is 16.7. The number of aryl methyl sites for hydroxylation is 2. The Balaban J connectivity index is 2.02. The van der Waals surface area contributed by atoms with Gasteiger partial charge in [0.15, 0.2) is 0 Å². The standard InChI is InChI=1S/C21H29N3O3/c1-5-22-8-10-23(11-9-22)19-18(17-7-6-15(2)14-16(17)3)20(25)24(21(19)26)12-13-27-4/h6-7,14H,5,8-13H2,1-4H3. The molecule has 0 spiro atoms. The number of likely N-dealkylation sites (N-methyl/N-ethyl adjacent to an activating group) is 1. The molecule has 2 amide bonds. The van der Waals surface area contributed by atoms with Crippen molar-refractivity contribution in [3.63, 3.8) is 0 Å². The first-order valence-electron chi connectivity index (χ1n) is 9.62. The van der Waals surface area contributed by atoms with Gasteiger partial charge in [-0.1, -0.05) is 30.7 Å². The number of amides is 2. The minimum atomic E-state index is -0.211. The van der Waals surface area contributed by atoms with Gasteiger partial charge in [-0.15, -0.1) is 0 Å². The fourth-order valence-corrected chi connectivity index (χ4v) is 3.87. The van der Waals surface area contributed by atoms with Crippen LogP contribution in [0.2, 0.25) is 0 Å². The Morgan fingerprint density at radius 2 is 1.74 bits per heavy atom. The minimum Gasteiger partial charge on any atom is -0.383 e. The van der Waals surface area contributed by atoms with E-state index in [0.717, 1.165) is 49.4 Å². The van der Waals surface area contributed by atoms with E-state index >= 15 is 0 Å². The van der Waals surface area contributed by atoms with Crippen LogP contribution in [-0.4, -0.2) is 79.5 Å². The van der Waals surface area contributed by atoms with Crippen molar-refractivity contribution in [2.45, 2.75) is 20.8 Å². The molecule has 1 fully saturated rings. The molecule has 2 aliphatic heterocycles. The van der Waals surface area contributed by atoms with Crippen LogP contribution < -0.4 is 0 Å². The fourth-order valence-electron chi connectivity index (χ4n) is 3.87. The number of rotatable bonds is 6. The number of nitrogens with zero attached hydrogens (tertiary/aromatic N) is 3. The maximum atomic E-state index is 13.2. The SMILES string of the molecule is CCN1CCN(C2=C(c3ccc(C)cc3C)C(=O)N(CCOC)C2=O)CC1. The van der Waals surface area contributed by atoms with Crippen LogP contribution in [0.4, 0.5) is 0 Å². The first-order valence-corrected chi connectivity index (χ1v) is 9.62. The fraction of sp³-hybridized carbons (Fsp3) is 0.524. The third kappa shape index (κ3) is 3.77. The van der Waals surface area contributed by atoms with E-state index in [1.165, 1.54) is 4.90 Å². The second-order valence-corrected chi connectivity index (χ2v) is 7.22. The average Bonchev–Trinajstić information content (AvgIpc) is 2.90. The van der Waals surface area contributed by atoms with Crippen molar-refractivity contribution in [3.8, 4) is 0 Å². The molecule has 1 saturated heterocycles. The highest BCUT2D eigenvalue weighted by molar-refractivity contribution is 6.35. The predicted molar refractivity (Wildman–Crippen MR) is 105 cm³/mol. The number of piperazine rings is 1. The zero-order valence-electron chi connectivity index (χ0n) is 16.7. The lowest BCUT2D eigenvalue weighted by molar-refractivity contribution is -0.138. The van der Waals surface area contributed by atoms with Gasteiger partial charge in [-0.2, -0.15) is 0 Å². The Hall–Kier alpha value is -2.18. The Kier molecular flexibility index (Phi) is 5.97. The molecule has 1 aromatic rings. The largest absolute Gasteiger partial charge is 0.383 e. The zero-order chi connectivity index (χ0) is 19.6. The topological polar surface area (TPSA) is 53.1 Å². The Morgan fingerprint density at radius 1 is 1.04 bits per heavy atom. The molecule has 0 aromatic heterocycles. The second-order valence-electron chi connectivity index (χ2n) is 7.22. The number of carbonyl (C=O) groups is 2. The van der Waals surface area contributed by atoms with Crippen molar-refractivity contribution in [3.05, 3.63) is 40.6 Å². The van der Waals surface area contributed by atoms with Gasteiger partial charge in [0.2, 0.25) is 0 Å². The molecule has 2 heterocycles. The van der Waals surface area contributed by atoms with Crippen molar-refractivity contribution in [1.29, 1.82) is 0 Å². The smallest absolute Gasteiger partial charge is 0.277 e. The highest BCUT2D eigenvalue weighted by atomic mass is 16.5. The number of imide groups is 1. The average molecular weight is 371 g/mol. The molecule has 0 atom stereocenters. The monoisotopic (exact) mass is 371 g/mol. The van der Waals surface area contributed by atoms with E-state index in [1.54, 1.807) is 7.11 Å². The molecule has 0 saturated carbocycles. The van der Waals surface area contributed by atoms with Gasteiger partial charge in [0.25, 0.3) is 11.8 Å². The molecule has 0 unspecified atom stereocenters. The van der Waals surface area contributed by atoms with Gasteiger partial charge in [0.05, 0.1) is 18.7 Å². The quantitative estimate of drug-likeness (QED) is 0.712. The third-order valence-electron chi connectivity index (χ3n) is 5.45. The van der Waals surface area contributed by atoms with E-state index in [-0.39, 0.29) is 18.4 Å². The molecule has 0 aliphatic carbocycles. The van der Waals surface area contributed by atoms with Crippen molar-refractivity contribution in [1.82, 2.24) is 14.7 Å².